The molecule has 0 atom stereocenters. The predicted molar refractivity (Wildman–Crippen MR) is 104 cm³/mol. The summed E-state index contributed by atoms with van der Waals surface area (Å²) in [7, 11) is -1.99. The lowest BCUT2D eigenvalue weighted by Crippen LogP contribution is -2.49. The van der Waals surface area contributed by atoms with Crippen LogP contribution >= 0.6 is 0 Å². The van der Waals surface area contributed by atoms with Gasteiger partial charge in [0.15, 0.2) is 0 Å². The average Bonchev–Trinajstić information content (AvgIpc) is 3.26. The van der Waals surface area contributed by atoms with Gasteiger partial charge in [-0.05, 0) is 43.2 Å². The Kier molecular flexibility index (Phi) is 4.43. The molecule has 0 aliphatic carbocycles. The molecule has 0 N–H and O–H groups in total. The van der Waals surface area contributed by atoms with E-state index in [0.717, 1.165) is 0 Å². The van der Waals surface area contributed by atoms with Crippen molar-refractivity contribution in [1.82, 2.24) is 4.90 Å². The molecule has 0 radical (unpaired) electrons. The second kappa shape index (κ2) is 6.77. The zero-order valence-electron chi connectivity index (χ0n) is 15.0. The molecule has 27 heavy (non-hydrogen) atoms. The van der Waals surface area contributed by atoms with E-state index < -0.39 is 10.2 Å². The van der Waals surface area contributed by atoms with Gasteiger partial charge >= 0.3 is 10.2 Å². The van der Waals surface area contributed by atoms with Gasteiger partial charge in [0.2, 0.25) is 5.91 Å². The van der Waals surface area contributed by atoms with Gasteiger partial charge in [0.25, 0.3) is 0 Å². The molecule has 1 saturated heterocycles. The van der Waals surface area contributed by atoms with E-state index in [1.165, 1.54) is 14.7 Å². The lowest BCUT2D eigenvalue weighted by molar-refractivity contribution is -0.126. The molecule has 2 aliphatic heterocycles. The Morgan fingerprint density at radius 2 is 1.81 bits per heavy atom. The summed E-state index contributed by atoms with van der Waals surface area (Å²) in [6.45, 7) is 1.04. The highest BCUT2D eigenvalue weighted by Crippen LogP contribution is 2.42. The number of anilines is 2. The van der Waals surface area contributed by atoms with Crippen molar-refractivity contribution in [3.63, 3.8) is 0 Å². The third-order valence-electron chi connectivity index (χ3n) is 5.09. The molecule has 0 spiro atoms. The molecule has 2 aromatic rings. The summed E-state index contributed by atoms with van der Waals surface area (Å²) in [6.07, 6.45) is 5.89. The smallest absolute Gasteiger partial charge is 0.326 e. The first-order valence-electron chi connectivity index (χ1n) is 8.86. The number of carbonyl (C=O) groups is 1. The number of fused-ring (bicyclic) bond motifs is 1. The lowest BCUT2D eigenvalue weighted by Gasteiger charge is -2.36. The van der Waals surface area contributed by atoms with Crippen LogP contribution in [0.5, 0.6) is 0 Å². The molecule has 4 rings (SSSR count). The summed E-state index contributed by atoms with van der Waals surface area (Å²) in [5.41, 5.74) is 1.40. The number of para-hydroxylation sites is 2. The van der Waals surface area contributed by atoms with Crippen molar-refractivity contribution in [3.05, 3.63) is 54.5 Å². The van der Waals surface area contributed by atoms with E-state index in [2.05, 4.69) is 0 Å². The molecule has 142 valence electrons. The molecule has 0 saturated carbocycles. The lowest BCUT2D eigenvalue weighted by atomic mass is 10.0. The Labute approximate surface area is 158 Å². The van der Waals surface area contributed by atoms with Crippen molar-refractivity contribution in [2.24, 2.45) is 0 Å². The number of hydrogen-bond donors (Lipinski definition) is 0. The largest absolute Gasteiger partial charge is 0.465 e. The van der Waals surface area contributed by atoms with Crippen LogP contribution < -0.4 is 8.61 Å². The maximum Gasteiger partial charge on any atom is 0.326 e. The van der Waals surface area contributed by atoms with Gasteiger partial charge in [-0.3, -0.25) is 9.10 Å². The second-order valence-corrected chi connectivity index (χ2v) is 8.50. The van der Waals surface area contributed by atoms with Gasteiger partial charge in [0.1, 0.15) is 5.76 Å². The number of carbonyl (C=O) groups excluding carboxylic acids is 1. The summed E-state index contributed by atoms with van der Waals surface area (Å²) in [4.78, 5) is 14.1. The average molecular weight is 387 g/mol. The van der Waals surface area contributed by atoms with E-state index in [0.29, 0.717) is 43.1 Å². The monoisotopic (exact) mass is 387 g/mol. The van der Waals surface area contributed by atoms with E-state index in [4.69, 9.17) is 4.42 Å². The molecule has 3 heterocycles. The minimum atomic E-state index is -3.57. The number of nitrogens with zero attached hydrogens (tertiary/aromatic N) is 3. The van der Waals surface area contributed by atoms with Gasteiger partial charge in [-0.25, -0.2) is 4.31 Å². The Balaban J connectivity index is 1.46. The highest BCUT2D eigenvalue weighted by molar-refractivity contribution is 7.94. The van der Waals surface area contributed by atoms with E-state index in [-0.39, 0.29) is 11.9 Å². The van der Waals surface area contributed by atoms with Crippen molar-refractivity contribution in [2.75, 3.05) is 28.7 Å². The quantitative estimate of drug-likeness (QED) is 0.759. The van der Waals surface area contributed by atoms with Crippen LogP contribution in [-0.4, -0.2) is 45.4 Å². The van der Waals surface area contributed by atoms with Gasteiger partial charge in [-0.15, -0.1) is 0 Å². The van der Waals surface area contributed by atoms with Crippen molar-refractivity contribution in [1.29, 1.82) is 0 Å². The predicted octanol–water partition coefficient (Wildman–Crippen LogP) is 2.49. The first kappa shape index (κ1) is 17.7. The Hall–Kier alpha value is -2.74. The molecule has 1 aromatic carbocycles. The maximum absolute atomic E-state index is 12.8. The van der Waals surface area contributed by atoms with Crippen LogP contribution in [0.2, 0.25) is 0 Å². The van der Waals surface area contributed by atoms with Crippen LogP contribution in [0.25, 0.3) is 6.08 Å². The number of likely N-dealkylation sites (tertiary alicyclic amines) is 1. The molecular formula is C19H21N3O4S. The zero-order valence-corrected chi connectivity index (χ0v) is 15.8. The van der Waals surface area contributed by atoms with Crippen LogP contribution in [0.15, 0.2) is 53.2 Å². The normalized spacial score (nSPS) is 19.7. The van der Waals surface area contributed by atoms with Gasteiger partial charge in [0.05, 0.1) is 23.7 Å². The summed E-state index contributed by atoms with van der Waals surface area (Å²) < 4.78 is 33.7. The van der Waals surface area contributed by atoms with Crippen molar-refractivity contribution >= 4 is 33.6 Å². The minimum Gasteiger partial charge on any atom is -0.465 e. The van der Waals surface area contributed by atoms with Gasteiger partial charge in [0, 0.05) is 26.2 Å². The molecule has 0 bridgehead atoms. The molecule has 1 aromatic heterocycles. The molecule has 1 amide bonds. The van der Waals surface area contributed by atoms with E-state index in [9.17, 15) is 13.2 Å². The van der Waals surface area contributed by atoms with E-state index in [1.807, 2.05) is 24.3 Å². The fraction of sp³-hybridized carbons (Fsp3) is 0.316. The van der Waals surface area contributed by atoms with Gasteiger partial charge in [-0.2, -0.15) is 8.42 Å². The maximum atomic E-state index is 12.8. The summed E-state index contributed by atoms with van der Waals surface area (Å²) in [6, 6.07) is 10.7. The number of hydrogen-bond acceptors (Lipinski definition) is 4. The topological polar surface area (TPSA) is 74.1 Å². The number of furan rings is 1. The van der Waals surface area contributed by atoms with Crippen LogP contribution in [0.1, 0.15) is 18.6 Å². The van der Waals surface area contributed by atoms with Crippen molar-refractivity contribution < 1.29 is 17.6 Å². The van der Waals surface area contributed by atoms with Gasteiger partial charge in [-0.1, -0.05) is 12.1 Å². The fourth-order valence-electron chi connectivity index (χ4n) is 3.65. The zero-order chi connectivity index (χ0) is 19.0. The standard InChI is InChI=1S/C19H21N3O4S/c1-20-17-6-2-3-7-18(17)22(27(20,24)25)15-10-12-21(13-11-15)19(23)9-8-16-5-4-14-26-16/h2-9,14-15H,10-13H2,1H3. The van der Waals surface area contributed by atoms with E-state index in [1.54, 1.807) is 36.4 Å². The third kappa shape index (κ3) is 3.10. The first-order valence-corrected chi connectivity index (χ1v) is 10.3. The Bertz CT molecular complexity index is 961. The minimum absolute atomic E-state index is 0.0911. The fourth-order valence-corrected chi connectivity index (χ4v) is 5.31. The second-order valence-electron chi connectivity index (χ2n) is 6.67. The summed E-state index contributed by atoms with van der Waals surface area (Å²) in [5.74, 6) is 0.535. The number of amides is 1. The van der Waals surface area contributed by atoms with Crippen molar-refractivity contribution in [2.45, 2.75) is 18.9 Å². The Morgan fingerprint density at radius 3 is 2.48 bits per heavy atom. The Morgan fingerprint density at radius 1 is 1.11 bits per heavy atom. The molecule has 0 unspecified atom stereocenters. The third-order valence-corrected chi connectivity index (χ3v) is 6.98. The number of rotatable bonds is 3. The molecule has 2 aliphatic rings. The molecule has 8 heteroatoms. The van der Waals surface area contributed by atoms with Gasteiger partial charge < -0.3 is 9.32 Å². The number of benzene rings is 1. The summed E-state index contributed by atoms with van der Waals surface area (Å²) >= 11 is 0. The highest BCUT2D eigenvalue weighted by atomic mass is 32.2. The molecule has 7 nitrogen and oxygen atoms in total. The SMILES string of the molecule is CN1c2ccccc2N(C2CCN(C(=O)C=Cc3ccco3)CC2)S1(=O)=O. The van der Waals surface area contributed by atoms with Crippen LogP contribution in [0, 0.1) is 0 Å². The molecule has 1 fully saturated rings. The van der Waals surface area contributed by atoms with Crippen molar-refractivity contribution in [3.8, 4) is 0 Å². The highest BCUT2D eigenvalue weighted by Gasteiger charge is 2.42. The van der Waals surface area contributed by atoms with E-state index >= 15 is 0 Å². The molecular weight excluding hydrogens is 366 g/mol. The summed E-state index contributed by atoms with van der Waals surface area (Å²) in [5, 5.41) is 0. The van der Waals surface area contributed by atoms with Crippen LogP contribution in [-0.2, 0) is 15.0 Å². The van der Waals surface area contributed by atoms with Crippen LogP contribution in [0.4, 0.5) is 11.4 Å². The first-order chi connectivity index (χ1) is 13.0. The van der Waals surface area contributed by atoms with Crippen LogP contribution in [0.3, 0.4) is 0 Å². The number of piperidine rings is 1.